The SMILES string of the molecule is C=CCNC(=S)N/N=C(/C)c1ccc(OCC(=O)N2CCOCC2)cc1. The largest absolute Gasteiger partial charge is 0.484 e. The quantitative estimate of drug-likeness (QED) is 0.323. The van der Waals surface area contributed by atoms with Crippen molar-refractivity contribution in [2.24, 2.45) is 5.10 Å². The first-order chi connectivity index (χ1) is 12.6. The minimum absolute atomic E-state index is 0.0250. The third-order valence-electron chi connectivity index (χ3n) is 3.73. The average molecular weight is 376 g/mol. The molecule has 1 heterocycles. The first-order valence-corrected chi connectivity index (χ1v) is 8.78. The number of morpholine rings is 1. The molecule has 0 saturated carbocycles. The summed E-state index contributed by atoms with van der Waals surface area (Å²) in [6.45, 7) is 8.49. The van der Waals surface area contributed by atoms with Crippen molar-refractivity contribution in [1.82, 2.24) is 15.6 Å². The molecule has 1 fully saturated rings. The number of hydrogen-bond donors (Lipinski definition) is 2. The van der Waals surface area contributed by atoms with Gasteiger partial charge < -0.3 is 19.7 Å². The van der Waals surface area contributed by atoms with Crippen LogP contribution in [0.2, 0.25) is 0 Å². The van der Waals surface area contributed by atoms with E-state index in [0.29, 0.717) is 43.7 Å². The molecule has 1 aliphatic heterocycles. The summed E-state index contributed by atoms with van der Waals surface area (Å²) in [5, 5.41) is 7.60. The van der Waals surface area contributed by atoms with Gasteiger partial charge in [0.25, 0.3) is 5.91 Å². The fourth-order valence-corrected chi connectivity index (χ4v) is 2.37. The maximum atomic E-state index is 12.1. The first-order valence-electron chi connectivity index (χ1n) is 8.38. The predicted octanol–water partition coefficient (Wildman–Crippen LogP) is 1.30. The van der Waals surface area contributed by atoms with E-state index in [4.69, 9.17) is 21.7 Å². The van der Waals surface area contributed by atoms with Crippen LogP contribution < -0.4 is 15.5 Å². The van der Waals surface area contributed by atoms with Crippen molar-refractivity contribution < 1.29 is 14.3 Å². The molecule has 1 aliphatic rings. The molecular formula is C18H24N4O3S. The molecule has 1 aromatic rings. The number of thiocarbonyl (C=S) groups is 1. The van der Waals surface area contributed by atoms with Gasteiger partial charge in [0.05, 0.1) is 18.9 Å². The second kappa shape index (κ2) is 10.5. The standard InChI is InChI=1S/C18H24N4O3S/c1-3-8-19-18(26)21-20-14(2)15-4-6-16(7-5-15)25-13-17(23)22-9-11-24-12-10-22/h3-7H,1,8-13H2,2H3,(H2,19,21,26)/b20-14-. The van der Waals surface area contributed by atoms with E-state index in [-0.39, 0.29) is 12.5 Å². The fourth-order valence-electron chi connectivity index (χ4n) is 2.25. The Labute approximate surface area is 159 Å². The van der Waals surface area contributed by atoms with Gasteiger partial charge in [-0.05, 0) is 49.0 Å². The minimum Gasteiger partial charge on any atom is -0.484 e. The summed E-state index contributed by atoms with van der Waals surface area (Å²) in [7, 11) is 0. The Balaban J connectivity index is 1.82. The smallest absolute Gasteiger partial charge is 0.260 e. The van der Waals surface area contributed by atoms with E-state index >= 15 is 0 Å². The summed E-state index contributed by atoms with van der Waals surface area (Å²) in [6.07, 6.45) is 1.72. The van der Waals surface area contributed by atoms with Gasteiger partial charge in [0.15, 0.2) is 11.7 Å². The zero-order valence-corrected chi connectivity index (χ0v) is 15.7. The Bertz CT molecular complexity index is 655. The van der Waals surface area contributed by atoms with Crippen LogP contribution in [0.15, 0.2) is 42.0 Å². The predicted molar refractivity (Wildman–Crippen MR) is 105 cm³/mol. The molecule has 0 atom stereocenters. The molecule has 0 aromatic heterocycles. The molecule has 1 amide bonds. The zero-order valence-electron chi connectivity index (χ0n) is 14.9. The Kier molecular flexibility index (Phi) is 8.04. The molecule has 7 nitrogen and oxygen atoms in total. The van der Waals surface area contributed by atoms with Crippen molar-refractivity contribution >= 4 is 28.9 Å². The number of hydrogen-bond acceptors (Lipinski definition) is 5. The summed E-state index contributed by atoms with van der Waals surface area (Å²) in [4.78, 5) is 13.8. The van der Waals surface area contributed by atoms with Crippen molar-refractivity contribution in [1.29, 1.82) is 0 Å². The summed E-state index contributed by atoms with van der Waals surface area (Å²) in [5.41, 5.74) is 4.48. The molecule has 1 saturated heterocycles. The summed E-state index contributed by atoms with van der Waals surface area (Å²) < 4.78 is 10.8. The Morgan fingerprint density at radius 1 is 1.38 bits per heavy atom. The summed E-state index contributed by atoms with van der Waals surface area (Å²) >= 11 is 5.08. The lowest BCUT2D eigenvalue weighted by Gasteiger charge is -2.26. The Morgan fingerprint density at radius 3 is 2.73 bits per heavy atom. The molecule has 8 heteroatoms. The van der Waals surface area contributed by atoms with E-state index in [1.807, 2.05) is 31.2 Å². The van der Waals surface area contributed by atoms with Gasteiger partial charge in [-0.3, -0.25) is 10.2 Å². The molecule has 1 aromatic carbocycles. The van der Waals surface area contributed by atoms with Crippen molar-refractivity contribution in [3.05, 3.63) is 42.5 Å². The highest BCUT2D eigenvalue weighted by Crippen LogP contribution is 2.13. The van der Waals surface area contributed by atoms with Crippen LogP contribution in [-0.4, -0.2) is 61.1 Å². The van der Waals surface area contributed by atoms with Gasteiger partial charge in [0.2, 0.25) is 0 Å². The average Bonchev–Trinajstić information content (AvgIpc) is 2.69. The number of rotatable bonds is 7. The van der Waals surface area contributed by atoms with Crippen LogP contribution in [-0.2, 0) is 9.53 Å². The molecule has 0 radical (unpaired) electrons. The van der Waals surface area contributed by atoms with E-state index in [1.165, 1.54) is 0 Å². The van der Waals surface area contributed by atoms with Crippen molar-refractivity contribution in [3.8, 4) is 5.75 Å². The van der Waals surface area contributed by atoms with Gasteiger partial charge in [0.1, 0.15) is 5.75 Å². The number of carbonyl (C=O) groups excluding carboxylic acids is 1. The lowest BCUT2D eigenvalue weighted by molar-refractivity contribution is -0.137. The molecule has 26 heavy (non-hydrogen) atoms. The van der Waals surface area contributed by atoms with Gasteiger partial charge in [-0.2, -0.15) is 5.10 Å². The van der Waals surface area contributed by atoms with Crippen molar-refractivity contribution in [3.63, 3.8) is 0 Å². The number of nitrogens with zero attached hydrogens (tertiary/aromatic N) is 2. The monoisotopic (exact) mass is 376 g/mol. The first kappa shape index (κ1) is 19.9. The molecule has 2 N–H and O–H groups in total. The molecule has 0 spiro atoms. The number of amides is 1. The molecule has 0 bridgehead atoms. The maximum Gasteiger partial charge on any atom is 0.260 e. The number of hydrazone groups is 1. The van der Waals surface area contributed by atoms with E-state index in [9.17, 15) is 4.79 Å². The third kappa shape index (κ3) is 6.45. The maximum absolute atomic E-state index is 12.1. The lowest BCUT2D eigenvalue weighted by Crippen LogP contribution is -2.42. The normalized spacial score (nSPS) is 14.5. The second-order valence-electron chi connectivity index (χ2n) is 5.61. The van der Waals surface area contributed by atoms with Gasteiger partial charge in [-0.1, -0.05) is 6.08 Å². The van der Waals surface area contributed by atoms with Crippen LogP contribution in [0, 0.1) is 0 Å². The highest BCUT2D eigenvalue weighted by molar-refractivity contribution is 7.80. The molecule has 2 rings (SSSR count). The van der Waals surface area contributed by atoms with E-state index in [2.05, 4.69) is 22.4 Å². The van der Waals surface area contributed by atoms with E-state index in [0.717, 1.165) is 11.3 Å². The van der Waals surface area contributed by atoms with Crippen molar-refractivity contribution in [2.45, 2.75) is 6.92 Å². The number of carbonyl (C=O) groups is 1. The molecule has 140 valence electrons. The Morgan fingerprint density at radius 2 is 2.08 bits per heavy atom. The molecule has 0 unspecified atom stereocenters. The van der Waals surface area contributed by atoms with Gasteiger partial charge in [-0.15, -0.1) is 6.58 Å². The minimum atomic E-state index is -0.0279. The van der Waals surface area contributed by atoms with E-state index in [1.54, 1.807) is 11.0 Å². The van der Waals surface area contributed by atoms with Crippen LogP contribution in [0.4, 0.5) is 0 Å². The Hall–Kier alpha value is -2.45. The molecular weight excluding hydrogens is 352 g/mol. The third-order valence-corrected chi connectivity index (χ3v) is 3.97. The number of benzene rings is 1. The van der Waals surface area contributed by atoms with Crippen LogP contribution >= 0.6 is 12.2 Å². The highest BCUT2D eigenvalue weighted by atomic mass is 32.1. The van der Waals surface area contributed by atoms with Crippen LogP contribution in [0.5, 0.6) is 5.75 Å². The zero-order chi connectivity index (χ0) is 18.8. The lowest BCUT2D eigenvalue weighted by atomic mass is 10.1. The van der Waals surface area contributed by atoms with Gasteiger partial charge >= 0.3 is 0 Å². The summed E-state index contributed by atoms with van der Waals surface area (Å²) in [6, 6.07) is 7.40. The van der Waals surface area contributed by atoms with Crippen LogP contribution in [0.3, 0.4) is 0 Å². The van der Waals surface area contributed by atoms with Gasteiger partial charge in [0, 0.05) is 19.6 Å². The van der Waals surface area contributed by atoms with Crippen LogP contribution in [0.1, 0.15) is 12.5 Å². The van der Waals surface area contributed by atoms with Gasteiger partial charge in [-0.25, -0.2) is 0 Å². The second-order valence-corrected chi connectivity index (χ2v) is 6.02. The van der Waals surface area contributed by atoms with Crippen LogP contribution in [0.25, 0.3) is 0 Å². The fraction of sp³-hybridized carbons (Fsp3) is 0.389. The number of ether oxygens (including phenoxy) is 2. The topological polar surface area (TPSA) is 75.2 Å². The summed E-state index contributed by atoms with van der Waals surface area (Å²) in [5.74, 6) is 0.610. The van der Waals surface area contributed by atoms with Crippen molar-refractivity contribution in [2.75, 3.05) is 39.5 Å². The molecule has 0 aliphatic carbocycles. The number of nitrogens with one attached hydrogen (secondary N) is 2. The highest BCUT2D eigenvalue weighted by Gasteiger charge is 2.17. The van der Waals surface area contributed by atoms with E-state index < -0.39 is 0 Å².